The molecule has 1 aromatic carbocycles. The summed E-state index contributed by atoms with van der Waals surface area (Å²) in [6.45, 7) is 5.56. The Balaban J connectivity index is 3.38. The lowest BCUT2D eigenvalue weighted by atomic mass is 10.0. The Bertz CT molecular complexity index is 502. The average Bonchev–Trinajstić information content (AvgIpc) is 2.47. The highest BCUT2D eigenvalue weighted by molar-refractivity contribution is 6.29. The molecule has 0 aromatic heterocycles. The second-order valence-corrected chi connectivity index (χ2v) is 4.80. The van der Waals surface area contributed by atoms with Crippen LogP contribution in [0.15, 0.2) is 18.2 Å². The van der Waals surface area contributed by atoms with E-state index in [9.17, 15) is 9.59 Å². The molecule has 0 bridgehead atoms. The van der Waals surface area contributed by atoms with Crippen LogP contribution in [0, 0.1) is 6.92 Å². The summed E-state index contributed by atoms with van der Waals surface area (Å²) in [6, 6.07) is 5.08. The Morgan fingerprint density at radius 1 is 1.40 bits per heavy atom. The SMILES string of the molecule is CCc1cccc(C)c1N(C(=O)CCl)C(C)C(=O)OC. The van der Waals surface area contributed by atoms with Gasteiger partial charge in [-0.15, -0.1) is 11.6 Å². The van der Waals surface area contributed by atoms with Crippen LogP contribution in [0.2, 0.25) is 0 Å². The van der Waals surface area contributed by atoms with Gasteiger partial charge in [-0.2, -0.15) is 0 Å². The summed E-state index contributed by atoms with van der Waals surface area (Å²) in [5, 5.41) is 0. The van der Waals surface area contributed by atoms with Crippen LogP contribution in [0.4, 0.5) is 5.69 Å². The summed E-state index contributed by atoms with van der Waals surface area (Å²) in [7, 11) is 1.31. The van der Waals surface area contributed by atoms with Gasteiger partial charge in [0.15, 0.2) is 0 Å². The molecule has 20 heavy (non-hydrogen) atoms. The fraction of sp³-hybridized carbons (Fsp3) is 0.467. The number of amides is 1. The van der Waals surface area contributed by atoms with Gasteiger partial charge < -0.3 is 4.74 Å². The molecule has 1 atom stereocenters. The molecule has 0 aliphatic rings. The minimum absolute atomic E-state index is 0.182. The Labute approximate surface area is 124 Å². The molecule has 4 nitrogen and oxygen atoms in total. The van der Waals surface area contributed by atoms with Crippen molar-refractivity contribution in [2.24, 2.45) is 0 Å². The molecule has 1 rings (SSSR count). The first-order valence-electron chi connectivity index (χ1n) is 6.52. The molecule has 0 radical (unpaired) electrons. The van der Waals surface area contributed by atoms with Gasteiger partial charge in [0.2, 0.25) is 5.91 Å². The van der Waals surface area contributed by atoms with Gasteiger partial charge in [-0.05, 0) is 31.4 Å². The van der Waals surface area contributed by atoms with E-state index in [1.165, 1.54) is 12.0 Å². The number of rotatable bonds is 5. The van der Waals surface area contributed by atoms with Crippen molar-refractivity contribution in [2.75, 3.05) is 17.9 Å². The first kappa shape index (κ1) is 16.5. The van der Waals surface area contributed by atoms with Crippen LogP contribution >= 0.6 is 11.6 Å². The minimum atomic E-state index is -0.711. The van der Waals surface area contributed by atoms with Crippen molar-refractivity contribution in [3.8, 4) is 0 Å². The lowest BCUT2D eigenvalue weighted by Crippen LogP contribution is -2.45. The minimum Gasteiger partial charge on any atom is -0.467 e. The quantitative estimate of drug-likeness (QED) is 0.620. The molecule has 1 unspecified atom stereocenters. The number of hydrogen-bond donors (Lipinski definition) is 0. The van der Waals surface area contributed by atoms with Gasteiger partial charge in [-0.3, -0.25) is 9.69 Å². The van der Waals surface area contributed by atoms with Crippen LogP contribution in [-0.4, -0.2) is 30.9 Å². The predicted octanol–water partition coefficient (Wildman–Crippen LogP) is 2.69. The zero-order chi connectivity index (χ0) is 15.3. The molecule has 5 heteroatoms. The monoisotopic (exact) mass is 297 g/mol. The largest absolute Gasteiger partial charge is 0.467 e. The maximum Gasteiger partial charge on any atom is 0.328 e. The summed E-state index contributed by atoms with van der Waals surface area (Å²) in [5.74, 6) is -0.957. The summed E-state index contributed by atoms with van der Waals surface area (Å²) in [6.07, 6.45) is 0.761. The van der Waals surface area contributed by atoms with Crippen molar-refractivity contribution < 1.29 is 14.3 Å². The third kappa shape index (κ3) is 3.31. The van der Waals surface area contributed by atoms with Crippen LogP contribution < -0.4 is 4.90 Å². The molecule has 0 saturated heterocycles. The number of alkyl halides is 1. The summed E-state index contributed by atoms with van der Waals surface area (Å²) in [4.78, 5) is 25.4. The van der Waals surface area contributed by atoms with Gasteiger partial charge in [0.05, 0.1) is 12.8 Å². The molecule has 110 valence electrons. The van der Waals surface area contributed by atoms with Crippen molar-refractivity contribution in [3.05, 3.63) is 29.3 Å². The van der Waals surface area contributed by atoms with Crippen molar-refractivity contribution in [1.82, 2.24) is 0 Å². The maximum atomic E-state index is 12.2. The number of halogens is 1. The van der Waals surface area contributed by atoms with E-state index in [0.717, 1.165) is 23.2 Å². The number of carbonyl (C=O) groups is 2. The number of benzene rings is 1. The molecule has 0 heterocycles. The first-order valence-corrected chi connectivity index (χ1v) is 7.05. The third-order valence-corrected chi connectivity index (χ3v) is 3.48. The molecule has 0 spiro atoms. The fourth-order valence-electron chi connectivity index (χ4n) is 2.22. The first-order chi connectivity index (χ1) is 9.47. The molecule has 0 aliphatic carbocycles. The Kier molecular flexibility index (Phi) is 6.02. The molecule has 0 aliphatic heterocycles. The zero-order valence-electron chi connectivity index (χ0n) is 12.3. The van der Waals surface area contributed by atoms with Crippen LogP contribution in [0.1, 0.15) is 25.0 Å². The highest BCUT2D eigenvalue weighted by Crippen LogP contribution is 2.28. The smallest absolute Gasteiger partial charge is 0.328 e. The molecular weight excluding hydrogens is 278 g/mol. The molecule has 1 aromatic rings. The van der Waals surface area contributed by atoms with Crippen LogP contribution in [0.25, 0.3) is 0 Å². The standard InChI is InChI=1S/C15H20ClNO3/c1-5-12-8-6-7-10(2)14(12)17(13(18)9-16)11(3)15(19)20-4/h6-8,11H,5,9H2,1-4H3. The van der Waals surface area contributed by atoms with E-state index in [1.807, 2.05) is 32.0 Å². The zero-order valence-corrected chi connectivity index (χ0v) is 13.0. The highest BCUT2D eigenvalue weighted by Gasteiger charge is 2.29. The molecule has 0 saturated carbocycles. The molecule has 0 N–H and O–H groups in total. The van der Waals surface area contributed by atoms with E-state index in [1.54, 1.807) is 6.92 Å². The maximum absolute atomic E-state index is 12.2. The van der Waals surface area contributed by atoms with Gasteiger partial charge in [-0.25, -0.2) is 4.79 Å². The van der Waals surface area contributed by atoms with E-state index in [4.69, 9.17) is 16.3 Å². The number of anilines is 1. The topological polar surface area (TPSA) is 46.6 Å². The Morgan fingerprint density at radius 3 is 2.55 bits per heavy atom. The summed E-state index contributed by atoms with van der Waals surface area (Å²) >= 11 is 5.69. The molecule has 0 fully saturated rings. The molecular formula is C15H20ClNO3. The van der Waals surface area contributed by atoms with E-state index >= 15 is 0 Å². The van der Waals surface area contributed by atoms with Crippen LogP contribution in [0.5, 0.6) is 0 Å². The number of methoxy groups -OCH3 is 1. The lowest BCUT2D eigenvalue weighted by Gasteiger charge is -2.30. The number of hydrogen-bond acceptors (Lipinski definition) is 3. The van der Waals surface area contributed by atoms with Gasteiger partial charge in [0.25, 0.3) is 0 Å². The van der Waals surface area contributed by atoms with Crippen LogP contribution in [0.3, 0.4) is 0 Å². The van der Waals surface area contributed by atoms with Crippen molar-refractivity contribution in [1.29, 1.82) is 0 Å². The fourth-order valence-corrected chi connectivity index (χ4v) is 2.35. The molecule has 1 amide bonds. The van der Waals surface area contributed by atoms with Gasteiger partial charge in [0.1, 0.15) is 11.9 Å². The number of carbonyl (C=O) groups excluding carboxylic acids is 2. The van der Waals surface area contributed by atoms with Crippen molar-refractivity contribution >= 4 is 29.2 Å². The second kappa shape index (κ2) is 7.29. The summed E-state index contributed by atoms with van der Waals surface area (Å²) in [5.41, 5.74) is 2.68. The van der Waals surface area contributed by atoms with Gasteiger partial charge >= 0.3 is 5.97 Å². The average molecular weight is 298 g/mol. The van der Waals surface area contributed by atoms with E-state index in [-0.39, 0.29) is 11.8 Å². The van der Waals surface area contributed by atoms with E-state index in [2.05, 4.69) is 0 Å². The van der Waals surface area contributed by atoms with Crippen LogP contribution in [-0.2, 0) is 20.7 Å². The number of para-hydroxylation sites is 1. The number of aryl methyl sites for hydroxylation is 2. The van der Waals surface area contributed by atoms with Gasteiger partial charge in [-0.1, -0.05) is 25.1 Å². The second-order valence-electron chi connectivity index (χ2n) is 4.53. The van der Waals surface area contributed by atoms with Crippen molar-refractivity contribution in [3.63, 3.8) is 0 Å². The summed E-state index contributed by atoms with van der Waals surface area (Å²) < 4.78 is 4.75. The number of ether oxygens (including phenoxy) is 1. The van der Waals surface area contributed by atoms with E-state index < -0.39 is 12.0 Å². The highest BCUT2D eigenvalue weighted by atomic mass is 35.5. The van der Waals surface area contributed by atoms with Crippen molar-refractivity contribution in [2.45, 2.75) is 33.2 Å². The Morgan fingerprint density at radius 2 is 2.05 bits per heavy atom. The number of nitrogens with zero attached hydrogens (tertiary/aromatic N) is 1. The lowest BCUT2D eigenvalue weighted by molar-refractivity contribution is -0.142. The van der Waals surface area contributed by atoms with Gasteiger partial charge in [0, 0.05) is 0 Å². The third-order valence-electron chi connectivity index (χ3n) is 3.26. The number of esters is 1. The predicted molar refractivity (Wildman–Crippen MR) is 80.2 cm³/mol. The van der Waals surface area contributed by atoms with E-state index in [0.29, 0.717) is 0 Å². The normalized spacial score (nSPS) is 11.8. The Hall–Kier alpha value is -1.55.